The third-order valence-corrected chi connectivity index (χ3v) is 2.63. The van der Waals surface area contributed by atoms with Gasteiger partial charge in [0.1, 0.15) is 12.1 Å². The Morgan fingerprint density at radius 2 is 2.18 bits per heavy atom. The zero-order valence-corrected chi connectivity index (χ0v) is 10.0. The van der Waals surface area contributed by atoms with Crippen LogP contribution in [0.5, 0.6) is 0 Å². The van der Waals surface area contributed by atoms with Crippen molar-refractivity contribution in [3.63, 3.8) is 0 Å². The van der Waals surface area contributed by atoms with Crippen molar-refractivity contribution in [2.24, 2.45) is 5.92 Å². The van der Waals surface area contributed by atoms with Gasteiger partial charge in [-0.05, 0) is 18.8 Å². The van der Waals surface area contributed by atoms with Gasteiger partial charge in [0.15, 0.2) is 0 Å². The Labute approximate surface area is 99.8 Å². The fourth-order valence-electron chi connectivity index (χ4n) is 1.78. The number of carbonyl (C=O) groups is 3. The molecule has 0 bridgehead atoms. The highest BCUT2D eigenvalue weighted by atomic mass is 16.4. The fraction of sp³-hybridized carbons (Fsp3) is 0.727. The molecule has 1 aliphatic heterocycles. The fourth-order valence-corrected chi connectivity index (χ4v) is 1.78. The highest BCUT2D eigenvalue weighted by molar-refractivity contribution is 5.92. The topological polar surface area (TPSA) is 95.5 Å². The van der Waals surface area contributed by atoms with Crippen LogP contribution in [0.3, 0.4) is 0 Å². The maximum atomic E-state index is 11.7. The van der Waals surface area contributed by atoms with E-state index in [4.69, 9.17) is 5.11 Å². The van der Waals surface area contributed by atoms with Crippen molar-refractivity contribution in [2.75, 3.05) is 0 Å². The Morgan fingerprint density at radius 1 is 1.53 bits per heavy atom. The number of nitrogens with one attached hydrogen (secondary N) is 2. The number of aliphatic carboxylic acids is 1. The number of hydrogen-bond acceptors (Lipinski definition) is 3. The van der Waals surface area contributed by atoms with Crippen LogP contribution in [-0.2, 0) is 14.4 Å². The third kappa shape index (κ3) is 4.05. The van der Waals surface area contributed by atoms with Crippen molar-refractivity contribution < 1.29 is 19.5 Å². The molecule has 0 radical (unpaired) electrons. The normalized spacial score (nSPS) is 21.1. The maximum absolute atomic E-state index is 11.7. The van der Waals surface area contributed by atoms with Crippen LogP contribution in [0.1, 0.15) is 33.1 Å². The number of carboxylic acid groups (broad SMARTS) is 1. The molecule has 6 nitrogen and oxygen atoms in total. The number of amides is 2. The zero-order valence-electron chi connectivity index (χ0n) is 10.0. The Bertz CT molecular complexity index is 327. The van der Waals surface area contributed by atoms with E-state index in [-0.39, 0.29) is 11.8 Å². The summed E-state index contributed by atoms with van der Waals surface area (Å²) in [6.07, 6.45) is 1.13. The van der Waals surface area contributed by atoms with Crippen molar-refractivity contribution in [3.05, 3.63) is 0 Å². The van der Waals surface area contributed by atoms with E-state index in [0.29, 0.717) is 19.3 Å². The Balaban J connectivity index is 2.52. The molecular weight excluding hydrogens is 224 g/mol. The van der Waals surface area contributed by atoms with Gasteiger partial charge in [-0.25, -0.2) is 4.79 Å². The summed E-state index contributed by atoms with van der Waals surface area (Å²) in [7, 11) is 0. The van der Waals surface area contributed by atoms with Crippen LogP contribution in [0.25, 0.3) is 0 Å². The van der Waals surface area contributed by atoms with E-state index in [1.54, 1.807) is 0 Å². The predicted octanol–water partition coefficient (Wildman–Crippen LogP) is -0.119. The summed E-state index contributed by atoms with van der Waals surface area (Å²) in [6.45, 7) is 3.78. The number of carboxylic acids is 1. The molecule has 1 aliphatic rings. The summed E-state index contributed by atoms with van der Waals surface area (Å²) in [6, 6.07) is -1.48. The lowest BCUT2D eigenvalue weighted by atomic mass is 10.0. The standard InChI is InChI=1S/C11H18N2O4/c1-6(2)5-8(11(16)17)13-10(15)7-3-4-9(14)12-7/h6-8H,3-5H2,1-2H3,(H,12,14)(H,13,15)(H,16,17)/t7-,8+/m1/s1. The molecule has 96 valence electrons. The molecule has 0 spiro atoms. The molecule has 0 saturated carbocycles. The lowest BCUT2D eigenvalue weighted by Crippen LogP contribution is -2.49. The van der Waals surface area contributed by atoms with Crippen LogP contribution in [0.15, 0.2) is 0 Å². The molecule has 1 heterocycles. The second kappa shape index (κ2) is 5.65. The molecule has 0 aliphatic carbocycles. The van der Waals surface area contributed by atoms with E-state index in [9.17, 15) is 14.4 Å². The van der Waals surface area contributed by atoms with E-state index in [1.165, 1.54) is 0 Å². The molecule has 6 heteroatoms. The van der Waals surface area contributed by atoms with Crippen molar-refractivity contribution in [1.29, 1.82) is 0 Å². The first kappa shape index (κ1) is 13.5. The van der Waals surface area contributed by atoms with Gasteiger partial charge in [-0.3, -0.25) is 9.59 Å². The molecule has 0 aromatic heterocycles. The van der Waals surface area contributed by atoms with Gasteiger partial charge in [0.25, 0.3) is 0 Å². The molecule has 1 rings (SSSR count). The Morgan fingerprint density at radius 3 is 2.59 bits per heavy atom. The molecule has 1 saturated heterocycles. The smallest absolute Gasteiger partial charge is 0.326 e. The van der Waals surface area contributed by atoms with Crippen LogP contribution in [0, 0.1) is 5.92 Å². The highest BCUT2D eigenvalue weighted by Gasteiger charge is 2.30. The minimum Gasteiger partial charge on any atom is -0.480 e. The molecule has 2 atom stereocenters. The first-order chi connectivity index (χ1) is 7.90. The molecule has 17 heavy (non-hydrogen) atoms. The van der Waals surface area contributed by atoms with Crippen LogP contribution in [0.2, 0.25) is 0 Å². The van der Waals surface area contributed by atoms with Gasteiger partial charge in [0.2, 0.25) is 11.8 Å². The van der Waals surface area contributed by atoms with E-state index in [1.807, 2.05) is 13.8 Å². The quantitative estimate of drug-likeness (QED) is 0.626. The molecule has 0 aromatic rings. The van der Waals surface area contributed by atoms with E-state index in [0.717, 1.165) is 0 Å². The number of hydrogen-bond donors (Lipinski definition) is 3. The molecular formula is C11H18N2O4. The first-order valence-electron chi connectivity index (χ1n) is 5.72. The minimum atomic E-state index is -1.05. The van der Waals surface area contributed by atoms with Gasteiger partial charge in [0, 0.05) is 6.42 Å². The van der Waals surface area contributed by atoms with Crippen molar-refractivity contribution >= 4 is 17.8 Å². The van der Waals surface area contributed by atoms with E-state index < -0.39 is 24.0 Å². The van der Waals surface area contributed by atoms with Crippen molar-refractivity contribution in [2.45, 2.75) is 45.2 Å². The van der Waals surface area contributed by atoms with Crippen molar-refractivity contribution in [3.8, 4) is 0 Å². The Kier molecular flexibility index (Phi) is 4.48. The summed E-state index contributed by atoms with van der Waals surface area (Å²) >= 11 is 0. The lowest BCUT2D eigenvalue weighted by molar-refractivity contribution is -0.142. The average Bonchev–Trinajstić information content (AvgIpc) is 2.63. The van der Waals surface area contributed by atoms with Gasteiger partial charge in [-0.1, -0.05) is 13.8 Å². The van der Waals surface area contributed by atoms with Crippen LogP contribution in [0.4, 0.5) is 0 Å². The van der Waals surface area contributed by atoms with Gasteiger partial charge < -0.3 is 15.7 Å². The Hall–Kier alpha value is -1.59. The molecule has 1 fully saturated rings. The summed E-state index contributed by atoms with van der Waals surface area (Å²) in [5.74, 6) is -1.45. The predicted molar refractivity (Wildman–Crippen MR) is 60.2 cm³/mol. The summed E-state index contributed by atoms with van der Waals surface area (Å²) in [4.78, 5) is 33.6. The highest BCUT2D eigenvalue weighted by Crippen LogP contribution is 2.09. The molecule has 2 amide bonds. The van der Waals surface area contributed by atoms with Crippen molar-refractivity contribution in [1.82, 2.24) is 10.6 Å². The van der Waals surface area contributed by atoms with Crippen LogP contribution in [-0.4, -0.2) is 35.0 Å². The summed E-state index contributed by atoms with van der Waals surface area (Å²) in [5, 5.41) is 13.9. The SMILES string of the molecule is CC(C)C[C@H](NC(=O)[C@H]1CCC(=O)N1)C(=O)O. The summed E-state index contributed by atoms with van der Waals surface area (Å²) in [5.41, 5.74) is 0. The average molecular weight is 242 g/mol. The van der Waals surface area contributed by atoms with Crippen LogP contribution >= 0.6 is 0 Å². The third-order valence-electron chi connectivity index (χ3n) is 2.63. The second-order valence-electron chi connectivity index (χ2n) is 4.69. The van der Waals surface area contributed by atoms with E-state index >= 15 is 0 Å². The van der Waals surface area contributed by atoms with Crippen LogP contribution < -0.4 is 10.6 Å². The number of rotatable bonds is 5. The molecule has 0 aromatic carbocycles. The van der Waals surface area contributed by atoms with E-state index in [2.05, 4.69) is 10.6 Å². The van der Waals surface area contributed by atoms with Gasteiger partial charge >= 0.3 is 5.97 Å². The molecule has 0 unspecified atom stereocenters. The first-order valence-corrected chi connectivity index (χ1v) is 5.72. The van der Waals surface area contributed by atoms with Gasteiger partial charge in [-0.15, -0.1) is 0 Å². The number of carbonyl (C=O) groups excluding carboxylic acids is 2. The lowest BCUT2D eigenvalue weighted by Gasteiger charge is -2.18. The maximum Gasteiger partial charge on any atom is 0.326 e. The summed E-state index contributed by atoms with van der Waals surface area (Å²) < 4.78 is 0. The largest absolute Gasteiger partial charge is 0.480 e. The molecule has 3 N–H and O–H groups in total. The monoisotopic (exact) mass is 242 g/mol. The minimum absolute atomic E-state index is 0.166. The second-order valence-corrected chi connectivity index (χ2v) is 4.69. The van der Waals surface area contributed by atoms with Gasteiger partial charge in [0.05, 0.1) is 0 Å². The zero-order chi connectivity index (χ0) is 13.0. The van der Waals surface area contributed by atoms with Gasteiger partial charge in [-0.2, -0.15) is 0 Å².